The van der Waals surface area contributed by atoms with Crippen LogP contribution in [-0.4, -0.2) is 42.4 Å². The normalized spacial score (nSPS) is 22.7. The molecule has 3 nitrogen and oxygen atoms in total. The maximum Gasteiger partial charge on any atom is 0.119 e. The average Bonchev–Trinajstić information content (AvgIpc) is 2.63. The number of rotatable bonds is 5. The molecule has 2 unspecified atom stereocenters. The second kappa shape index (κ2) is 7.51. The molecule has 1 aliphatic rings. The Labute approximate surface area is 116 Å². The summed E-state index contributed by atoms with van der Waals surface area (Å²) in [6, 6.07) is 9.68. The predicted molar refractivity (Wildman–Crippen MR) is 77.4 cm³/mol. The average molecular weight is 263 g/mol. The van der Waals surface area contributed by atoms with Crippen molar-refractivity contribution in [2.45, 2.75) is 32.3 Å². The second-order valence-electron chi connectivity index (χ2n) is 5.61. The smallest absolute Gasteiger partial charge is 0.119 e. The minimum Gasteiger partial charge on any atom is -0.491 e. The molecule has 19 heavy (non-hydrogen) atoms. The first-order valence-corrected chi connectivity index (χ1v) is 7.32. The number of nitrogens with zero attached hydrogens (tertiary/aromatic N) is 1. The molecular formula is C16H25NO2. The van der Waals surface area contributed by atoms with Gasteiger partial charge in [-0.15, -0.1) is 0 Å². The van der Waals surface area contributed by atoms with Crippen molar-refractivity contribution in [2.24, 2.45) is 5.92 Å². The maximum absolute atomic E-state index is 10.1. The predicted octanol–water partition coefficient (Wildman–Crippen LogP) is 2.55. The lowest BCUT2D eigenvalue weighted by molar-refractivity contribution is 0.0691. The standard InChI is InChI=1S/C16H25NO2/c1-14-6-5-10-17(11-9-14)12-15(18)13-19-16-7-3-2-4-8-16/h2-4,7-8,14-15,18H,5-6,9-13H2,1H3. The van der Waals surface area contributed by atoms with E-state index in [1.54, 1.807) is 0 Å². The van der Waals surface area contributed by atoms with Gasteiger partial charge >= 0.3 is 0 Å². The molecule has 0 spiro atoms. The van der Waals surface area contributed by atoms with Gasteiger partial charge in [-0.3, -0.25) is 0 Å². The van der Waals surface area contributed by atoms with Crippen LogP contribution in [0.1, 0.15) is 26.2 Å². The number of aliphatic hydroxyl groups is 1. The van der Waals surface area contributed by atoms with Gasteiger partial charge in [0, 0.05) is 6.54 Å². The van der Waals surface area contributed by atoms with Gasteiger partial charge in [0.2, 0.25) is 0 Å². The molecule has 0 radical (unpaired) electrons. The van der Waals surface area contributed by atoms with Gasteiger partial charge in [-0.1, -0.05) is 25.1 Å². The number of ether oxygens (including phenoxy) is 1. The monoisotopic (exact) mass is 263 g/mol. The van der Waals surface area contributed by atoms with E-state index in [1.165, 1.54) is 19.3 Å². The van der Waals surface area contributed by atoms with E-state index in [2.05, 4.69) is 11.8 Å². The third kappa shape index (κ3) is 5.21. The highest BCUT2D eigenvalue weighted by Crippen LogP contribution is 2.16. The van der Waals surface area contributed by atoms with Crippen LogP contribution in [0.3, 0.4) is 0 Å². The molecule has 2 atom stereocenters. The van der Waals surface area contributed by atoms with Gasteiger partial charge < -0.3 is 14.7 Å². The van der Waals surface area contributed by atoms with Gasteiger partial charge in [-0.25, -0.2) is 0 Å². The van der Waals surface area contributed by atoms with Gasteiger partial charge in [-0.2, -0.15) is 0 Å². The van der Waals surface area contributed by atoms with E-state index in [1.807, 2.05) is 30.3 Å². The molecule has 1 aromatic carbocycles. The summed E-state index contributed by atoms with van der Waals surface area (Å²) in [5, 5.41) is 10.1. The number of β-amino-alcohol motifs (C(OH)–C–C–N with tert-alkyl or cyclic N) is 1. The highest BCUT2D eigenvalue weighted by molar-refractivity contribution is 5.20. The van der Waals surface area contributed by atoms with E-state index >= 15 is 0 Å². The van der Waals surface area contributed by atoms with E-state index in [9.17, 15) is 5.11 Å². The zero-order valence-corrected chi connectivity index (χ0v) is 11.8. The number of para-hydroxylation sites is 1. The first-order chi connectivity index (χ1) is 9.24. The Kier molecular flexibility index (Phi) is 5.67. The van der Waals surface area contributed by atoms with Crippen LogP contribution in [0.15, 0.2) is 30.3 Å². The summed E-state index contributed by atoms with van der Waals surface area (Å²) in [7, 11) is 0. The Morgan fingerprint density at radius 1 is 1.26 bits per heavy atom. The van der Waals surface area contributed by atoms with Crippen LogP contribution in [-0.2, 0) is 0 Å². The summed E-state index contributed by atoms with van der Waals surface area (Å²) in [6.45, 7) is 5.62. The fraction of sp³-hybridized carbons (Fsp3) is 0.625. The number of hydrogen-bond acceptors (Lipinski definition) is 3. The Morgan fingerprint density at radius 2 is 2.05 bits per heavy atom. The molecule has 0 saturated carbocycles. The van der Waals surface area contributed by atoms with Crippen LogP contribution < -0.4 is 4.74 Å². The number of likely N-dealkylation sites (tertiary alicyclic amines) is 1. The van der Waals surface area contributed by atoms with E-state index in [0.29, 0.717) is 6.61 Å². The zero-order chi connectivity index (χ0) is 13.5. The van der Waals surface area contributed by atoms with Gasteiger partial charge in [-0.05, 0) is 50.4 Å². The molecule has 2 rings (SSSR count). The summed E-state index contributed by atoms with van der Waals surface area (Å²) >= 11 is 0. The van der Waals surface area contributed by atoms with Gasteiger partial charge in [0.25, 0.3) is 0 Å². The minimum absolute atomic E-state index is 0.371. The Balaban J connectivity index is 1.70. The van der Waals surface area contributed by atoms with Crippen LogP contribution in [0.5, 0.6) is 5.75 Å². The lowest BCUT2D eigenvalue weighted by Crippen LogP contribution is -2.36. The third-order valence-corrected chi connectivity index (χ3v) is 3.76. The zero-order valence-electron chi connectivity index (χ0n) is 11.8. The van der Waals surface area contributed by atoms with Crippen LogP contribution in [0.25, 0.3) is 0 Å². The first kappa shape index (κ1) is 14.4. The fourth-order valence-electron chi connectivity index (χ4n) is 2.56. The molecule has 1 aromatic rings. The van der Waals surface area contributed by atoms with E-state index < -0.39 is 6.10 Å². The van der Waals surface area contributed by atoms with Gasteiger partial charge in [0.1, 0.15) is 18.5 Å². The largest absolute Gasteiger partial charge is 0.491 e. The molecule has 1 fully saturated rings. The Morgan fingerprint density at radius 3 is 2.84 bits per heavy atom. The van der Waals surface area contributed by atoms with Crippen molar-refractivity contribution >= 4 is 0 Å². The van der Waals surface area contributed by atoms with Crippen molar-refractivity contribution in [1.29, 1.82) is 0 Å². The molecule has 1 saturated heterocycles. The van der Waals surface area contributed by atoms with Crippen LogP contribution in [0.2, 0.25) is 0 Å². The van der Waals surface area contributed by atoms with Crippen LogP contribution in [0, 0.1) is 5.92 Å². The molecule has 0 aromatic heterocycles. The van der Waals surface area contributed by atoms with E-state index in [-0.39, 0.29) is 0 Å². The highest BCUT2D eigenvalue weighted by atomic mass is 16.5. The molecule has 1 N–H and O–H groups in total. The fourth-order valence-corrected chi connectivity index (χ4v) is 2.56. The molecule has 106 valence electrons. The van der Waals surface area contributed by atoms with Gasteiger partial charge in [0.05, 0.1) is 0 Å². The molecule has 3 heteroatoms. The van der Waals surface area contributed by atoms with Crippen molar-refractivity contribution < 1.29 is 9.84 Å². The summed E-state index contributed by atoms with van der Waals surface area (Å²) in [6.07, 6.45) is 3.39. The SMILES string of the molecule is CC1CCCN(CC(O)COc2ccccc2)CC1. The van der Waals surface area contributed by atoms with E-state index in [4.69, 9.17) is 4.74 Å². The molecule has 1 heterocycles. The highest BCUT2D eigenvalue weighted by Gasteiger charge is 2.16. The van der Waals surface area contributed by atoms with Crippen molar-refractivity contribution in [3.63, 3.8) is 0 Å². The molecular weight excluding hydrogens is 238 g/mol. The van der Waals surface area contributed by atoms with Crippen LogP contribution >= 0.6 is 0 Å². The third-order valence-electron chi connectivity index (χ3n) is 3.76. The second-order valence-corrected chi connectivity index (χ2v) is 5.61. The molecule has 0 aliphatic carbocycles. The first-order valence-electron chi connectivity index (χ1n) is 7.32. The Hall–Kier alpha value is -1.06. The molecule has 0 amide bonds. The van der Waals surface area contributed by atoms with Gasteiger partial charge in [0.15, 0.2) is 0 Å². The number of aliphatic hydroxyl groups excluding tert-OH is 1. The summed E-state index contributed by atoms with van der Waals surface area (Å²) in [4.78, 5) is 2.36. The topological polar surface area (TPSA) is 32.7 Å². The summed E-state index contributed by atoms with van der Waals surface area (Å²) in [5.41, 5.74) is 0. The summed E-state index contributed by atoms with van der Waals surface area (Å²) < 4.78 is 5.59. The van der Waals surface area contributed by atoms with Crippen molar-refractivity contribution in [1.82, 2.24) is 4.90 Å². The Bertz CT molecular complexity index is 355. The molecule has 1 aliphatic heterocycles. The minimum atomic E-state index is -0.409. The van der Waals surface area contributed by atoms with Crippen molar-refractivity contribution in [3.05, 3.63) is 30.3 Å². The molecule has 0 bridgehead atoms. The lowest BCUT2D eigenvalue weighted by atomic mass is 10.0. The maximum atomic E-state index is 10.1. The van der Waals surface area contributed by atoms with Crippen molar-refractivity contribution in [2.75, 3.05) is 26.2 Å². The quantitative estimate of drug-likeness (QED) is 0.886. The lowest BCUT2D eigenvalue weighted by Gasteiger charge is -2.23. The van der Waals surface area contributed by atoms with Crippen molar-refractivity contribution in [3.8, 4) is 5.75 Å². The number of hydrogen-bond donors (Lipinski definition) is 1. The van der Waals surface area contributed by atoms with Crippen LogP contribution in [0.4, 0.5) is 0 Å². The number of benzene rings is 1. The summed E-state index contributed by atoms with van der Waals surface area (Å²) in [5.74, 6) is 1.65. The van der Waals surface area contributed by atoms with E-state index in [0.717, 1.165) is 31.3 Å².